The molecule has 4 heteroatoms. The van der Waals surface area contributed by atoms with E-state index in [0.29, 0.717) is 0 Å². The Morgan fingerprint density at radius 1 is 1.11 bits per heavy atom. The van der Waals surface area contributed by atoms with Crippen LogP contribution in [0.4, 0.5) is 4.39 Å². The molecule has 96 valence electrons. The number of benzene rings is 1. The van der Waals surface area contributed by atoms with Crippen molar-refractivity contribution in [1.82, 2.24) is 4.90 Å². The van der Waals surface area contributed by atoms with Crippen LogP contribution in [0.5, 0.6) is 0 Å². The topological polar surface area (TPSA) is 3.24 Å². The largest absolute Gasteiger partial charge is 0.294 e. The molecular weight excluding hydrogens is 269 g/mol. The molecule has 1 heterocycles. The third-order valence-electron chi connectivity index (χ3n) is 2.77. The first-order valence-electron chi connectivity index (χ1n) is 5.88. The molecule has 0 amide bonds. The highest BCUT2D eigenvalue weighted by Gasteiger charge is 2.07. The van der Waals surface area contributed by atoms with Gasteiger partial charge in [-0.1, -0.05) is 30.7 Å². The Kier molecular flexibility index (Phi) is 4.75. The fraction of sp³-hybridized carbons (Fsp3) is 0.286. The zero-order valence-corrected chi connectivity index (χ0v) is 11.8. The van der Waals surface area contributed by atoms with Gasteiger partial charge in [-0.15, -0.1) is 11.3 Å². The van der Waals surface area contributed by atoms with E-state index in [-0.39, 0.29) is 5.82 Å². The Bertz CT molecular complexity index is 495. The molecule has 0 saturated carbocycles. The third-order valence-corrected chi connectivity index (χ3v) is 3.99. The lowest BCUT2D eigenvalue weighted by atomic mass is 10.2. The molecule has 0 aliphatic heterocycles. The maximum Gasteiger partial charge on any atom is 0.123 e. The molecule has 0 saturated heterocycles. The van der Waals surface area contributed by atoms with Gasteiger partial charge in [0, 0.05) is 18.0 Å². The molecule has 18 heavy (non-hydrogen) atoms. The van der Waals surface area contributed by atoms with Crippen molar-refractivity contribution in [1.29, 1.82) is 0 Å². The van der Waals surface area contributed by atoms with Crippen molar-refractivity contribution in [3.05, 3.63) is 57.0 Å². The second kappa shape index (κ2) is 6.32. The maximum absolute atomic E-state index is 12.8. The van der Waals surface area contributed by atoms with Gasteiger partial charge in [0.05, 0.1) is 4.34 Å². The summed E-state index contributed by atoms with van der Waals surface area (Å²) < 4.78 is 13.7. The fourth-order valence-corrected chi connectivity index (χ4v) is 2.91. The average molecular weight is 284 g/mol. The van der Waals surface area contributed by atoms with Gasteiger partial charge >= 0.3 is 0 Å². The minimum absolute atomic E-state index is 0.188. The highest BCUT2D eigenvalue weighted by Crippen LogP contribution is 2.23. The van der Waals surface area contributed by atoms with Gasteiger partial charge in [0.15, 0.2) is 0 Å². The molecular formula is C14H15ClFNS. The van der Waals surface area contributed by atoms with Gasteiger partial charge in [-0.05, 0) is 36.4 Å². The highest BCUT2D eigenvalue weighted by atomic mass is 35.5. The predicted octanol–water partition coefficient (Wildman–Crippen LogP) is 4.56. The smallest absolute Gasteiger partial charge is 0.123 e. The number of halogens is 2. The summed E-state index contributed by atoms with van der Waals surface area (Å²) in [6.07, 6.45) is 0. The summed E-state index contributed by atoms with van der Waals surface area (Å²) in [5, 5.41) is 0. The van der Waals surface area contributed by atoms with E-state index in [4.69, 9.17) is 11.6 Å². The van der Waals surface area contributed by atoms with Gasteiger partial charge in [-0.2, -0.15) is 0 Å². The van der Waals surface area contributed by atoms with Crippen molar-refractivity contribution < 1.29 is 4.39 Å². The van der Waals surface area contributed by atoms with Crippen LogP contribution in [-0.2, 0) is 13.1 Å². The maximum atomic E-state index is 12.8. The zero-order valence-electron chi connectivity index (χ0n) is 10.2. The highest BCUT2D eigenvalue weighted by molar-refractivity contribution is 7.16. The van der Waals surface area contributed by atoms with Crippen LogP contribution < -0.4 is 0 Å². The van der Waals surface area contributed by atoms with E-state index in [0.717, 1.165) is 29.5 Å². The lowest BCUT2D eigenvalue weighted by Crippen LogP contribution is -2.21. The summed E-state index contributed by atoms with van der Waals surface area (Å²) in [5.74, 6) is -0.188. The van der Waals surface area contributed by atoms with Crippen molar-refractivity contribution in [3.8, 4) is 0 Å². The SMILES string of the molecule is CCN(Cc1ccc(F)cc1)Cc1ccc(Cl)s1. The van der Waals surface area contributed by atoms with Crippen molar-refractivity contribution in [2.75, 3.05) is 6.54 Å². The second-order valence-corrected chi connectivity index (χ2v) is 5.94. The third kappa shape index (κ3) is 3.80. The second-order valence-electron chi connectivity index (χ2n) is 4.14. The summed E-state index contributed by atoms with van der Waals surface area (Å²) in [6, 6.07) is 10.7. The number of hydrogen-bond donors (Lipinski definition) is 0. The average Bonchev–Trinajstić information content (AvgIpc) is 2.77. The summed E-state index contributed by atoms with van der Waals surface area (Å²) in [7, 11) is 0. The van der Waals surface area contributed by atoms with Crippen LogP contribution in [0.1, 0.15) is 17.4 Å². The molecule has 0 aliphatic rings. The molecule has 1 aromatic carbocycles. The van der Waals surface area contributed by atoms with Crippen LogP contribution in [0.25, 0.3) is 0 Å². The number of thiophene rings is 1. The van der Waals surface area contributed by atoms with E-state index in [9.17, 15) is 4.39 Å². The molecule has 0 radical (unpaired) electrons. The fourth-order valence-electron chi connectivity index (χ4n) is 1.78. The van der Waals surface area contributed by atoms with Gasteiger partial charge in [0.2, 0.25) is 0 Å². The van der Waals surface area contributed by atoms with E-state index in [2.05, 4.69) is 17.9 Å². The molecule has 0 fully saturated rings. The number of hydrogen-bond acceptors (Lipinski definition) is 2. The number of nitrogens with zero attached hydrogens (tertiary/aromatic N) is 1. The molecule has 1 aromatic heterocycles. The summed E-state index contributed by atoms with van der Waals surface area (Å²) >= 11 is 7.53. The Labute approximate surface area is 116 Å². The standard InChI is InChI=1S/C14H15ClFNS/c1-2-17(10-13-7-8-14(15)18-13)9-11-3-5-12(16)6-4-11/h3-8H,2,9-10H2,1H3. The Balaban J connectivity index is 1.99. The molecule has 0 atom stereocenters. The van der Waals surface area contributed by atoms with E-state index in [1.54, 1.807) is 11.3 Å². The van der Waals surface area contributed by atoms with Crippen molar-refractivity contribution >= 4 is 22.9 Å². The number of rotatable bonds is 5. The lowest BCUT2D eigenvalue weighted by Gasteiger charge is -2.19. The molecule has 0 unspecified atom stereocenters. The summed E-state index contributed by atoms with van der Waals surface area (Å²) in [4.78, 5) is 3.55. The van der Waals surface area contributed by atoms with Crippen molar-refractivity contribution in [2.24, 2.45) is 0 Å². The molecule has 0 spiro atoms. The van der Waals surface area contributed by atoms with Crippen LogP contribution in [-0.4, -0.2) is 11.4 Å². The van der Waals surface area contributed by atoms with E-state index >= 15 is 0 Å². The van der Waals surface area contributed by atoms with E-state index < -0.39 is 0 Å². The van der Waals surface area contributed by atoms with Crippen molar-refractivity contribution in [3.63, 3.8) is 0 Å². The molecule has 2 rings (SSSR count). The summed E-state index contributed by atoms with van der Waals surface area (Å²) in [5.41, 5.74) is 1.13. The molecule has 0 N–H and O–H groups in total. The lowest BCUT2D eigenvalue weighted by molar-refractivity contribution is 0.274. The first-order valence-corrected chi connectivity index (χ1v) is 7.08. The van der Waals surface area contributed by atoms with Gasteiger partial charge in [0.25, 0.3) is 0 Å². The normalized spacial score (nSPS) is 11.1. The molecule has 0 aliphatic carbocycles. The Morgan fingerprint density at radius 3 is 2.39 bits per heavy atom. The predicted molar refractivity (Wildman–Crippen MR) is 75.5 cm³/mol. The minimum Gasteiger partial charge on any atom is -0.294 e. The van der Waals surface area contributed by atoms with Crippen LogP contribution in [0.15, 0.2) is 36.4 Å². The van der Waals surface area contributed by atoms with Crippen LogP contribution in [0.2, 0.25) is 4.34 Å². The molecule has 2 aromatic rings. The molecule has 0 bridgehead atoms. The van der Waals surface area contributed by atoms with E-state index in [1.165, 1.54) is 17.0 Å². The van der Waals surface area contributed by atoms with E-state index in [1.807, 2.05) is 18.2 Å². The van der Waals surface area contributed by atoms with Gasteiger partial charge in [0.1, 0.15) is 5.82 Å². The first kappa shape index (κ1) is 13.5. The quantitative estimate of drug-likeness (QED) is 0.777. The monoisotopic (exact) mass is 283 g/mol. The van der Waals surface area contributed by atoms with Crippen LogP contribution >= 0.6 is 22.9 Å². The zero-order chi connectivity index (χ0) is 13.0. The van der Waals surface area contributed by atoms with Gasteiger partial charge < -0.3 is 0 Å². The first-order chi connectivity index (χ1) is 8.67. The summed E-state index contributed by atoms with van der Waals surface area (Å²) in [6.45, 7) is 4.78. The Morgan fingerprint density at radius 2 is 1.83 bits per heavy atom. The molecule has 1 nitrogen and oxygen atoms in total. The van der Waals surface area contributed by atoms with Crippen molar-refractivity contribution in [2.45, 2.75) is 20.0 Å². The minimum atomic E-state index is -0.188. The Hall–Kier alpha value is -0.900. The van der Waals surface area contributed by atoms with Gasteiger partial charge in [-0.25, -0.2) is 4.39 Å². The van der Waals surface area contributed by atoms with Gasteiger partial charge in [-0.3, -0.25) is 4.90 Å². The van der Waals surface area contributed by atoms with Crippen LogP contribution in [0.3, 0.4) is 0 Å². The van der Waals surface area contributed by atoms with Crippen LogP contribution in [0, 0.1) is 5.82 Å².